The Hall–Kier alpha value is -2.85. The predicted molar refractivity (Wildman–Crippen MR) is 133 cm³/mol. The fourth-order valence-electron chi connectivity index (χ4n) is 4.02. The number of aromatic nitrogens is 4. The fraction of sp³-hybridized carbons (Fsp3) is 0.478. The summed E-state index contributed by atoms with van der Waals surface area (Å²) in [6.07, 6.45) is 4.46. The van der Waals surface area contributed by atoms with E-state index in [0.29, 0.717) is 59.8 Å². The van der Waals surface area contributed by atoms with E-state index < -0.39 is 10.8 Å². The Labute approximate surface area is 196 Å². The molecular formula is C23H31N7O2S. The normalized spacial score (nSPS) is 15.5. The molecule has 176 valence electrons. The van der Waals surface area contributed by atoms with Crippen molar-refractivity contribution < 1.29 is 9.32 Å². The third kappa shape index (κ3) is 5.94. The van der Waals surface area contributed by atoms with Gasteiger partial charge < -0.3 is 20.6 Å². The van der Waals surface area contributed by atoms with Crippen LogP contribution >= 0.6 is 0 Å². The van der Waals surface area contributed by atoms with E-state index in [0.717, 1.165) is 19.3 Å². The molecule has 4 rings (SSSR count). The maximum Gasteiger partial charge on any atom is 0.225 e. The van der Waals surface area contributed by atoms with Gasteiger partial charge in [-0.05, 0) is 18.4 Å². The number of rotatable bonds is 10. The summed E-state index contributed by atoms with van der Waals surface area (Å²) < 4.78 is 11.9. The molecule has 0 radical (unpaired) electrons. The fourth-order valence-corrected chi connectivity index (χ4v) is 5.07. The van der Waals surface area contributed by atoms with Crippen LogP contribution in [0.5, 0.6) is 0 Å². The molecule has 1 unspecified atom stereocenters. The SMILES string of the molecule is CCCC(Cc1ccccc1)Nc1ncnc2c(N3CCS(=O)CC3)nc(NCCO)nc12. The van der Waals surface area contributed by atoms with Crippen LogP contribution in [0.2, 0.25) is 0 Å². The molecule has 2 aromatic heterocycles. The number of aliphatic hydroxyl groups is 1. The molecule has 10 heteroatoms. The summed E-state index contributed by atoms with van der Waals surface area (Å²) >= 11 is 0. The minimum atomic E-state index is -0.792. The van der Waals surface area contributed by atoms with Crippen LogP contribution in [0.3, 0.4) is 0 Å². The number of anilines is 3. The average Bonchev–Trinajstić information content (AvgIpc) is 2.84. The molecule has 33 heavy (non-hydrogen) atoms. The van der Waals surface area contributed by atoms with Crippen molar-refractivity contribution in [3.63, 3.8) is 0 Å². The highest BCUT2D eigenvalue weighted by Gasteiger charge is 2.23. The van der Waals surface area contributed by atoms with E-state index >= 15 is 0 Å². The Morgan fingerprint density at radius 3 is 2.64 bits per heavy atom. The maximum atomic E-state index is 11.9. The zero-order chi connectivity index (χ0) is 23.0. The number of hydrogen-bond acceptors (Lipinski definition) is 9. The van der Waals surface area contributed by atoms with Gasteiger partial charge in [0.2, 0.25) is 5.95 Å². The van der Waals surface area contributed by atoms with E-state index in [9.17, 15) is 9.32 Å². The highest BCUT2D eigenvalue weighted by molar-refractivity contribution is 7.85. The van der Waals surface area contributed by atoms with Gasteiger partial charge in [0.15, 0.2) is 11.6 Å². The van der Waals surface area contributed by atoms with E-state index in [1.54, 1.807) is 6.33 Å². The largest absolute Gasteiger partial charge is 0.395 e. The summed E-state index contributed by atoms with van der Waals surface area (Å²) in [4.78, 5) is 20.6. The molecule has 1 aliphatic rings. The summed E-state index contributed by atoms with van der Waals surface area (Å²) in [7, 11) is -0.792. The Morgan fingerprint density at radius 1 is 1.12 bits per heavy atom. The second-order valence-corrected chi connectivity index (χ2v) is 9.79. The molecule has 0 spiro atoms. The topological polar surface area (TPSA) is 116 Å². The van der Waals surface area contributed by atoms with E-state index in [-0.39, 0.29) is 12.6 Å². The van der Waals surface area contributed by atoms with Crippen LogP contribution in [0.15, 0.2) is 36.7 Å². The molecular weight excluding hydrogens is 438 g/mol. The van der Waals surface area contributed by atoms with Gasteiger partial charge in [0, 0.05) is 48.0 Å². The van der Waals surface area contributed by atoms with E-state index in [1.807, 2.05) is 6.07 Å². The zero-order valence-corrected chi connectivity index (χ0v) is 19.7. The maximum absolute atomic E-state index is 11.9. The minimum Gasteiger partial charge on any atom is -0.395 e. The molecule has 3 heterocycles. The van der Waals surface area contributed by atoms with Crippen molar-refractivity contribution in [2.45, 2.75) is 32.2 Å². The van der Waals surface area contributed by atoms with Crippen molar-refractivity contribution >= 4 is 39.4 Å². The first-order valence-corrected chi connectivity index (χ1v) is 12.9. The summed E-state index contributed by atoms with van der Waals surface area (Å²) in [5.41, 5.74) is 2.58. The zero-order valence-electron chi connectivity index (χ0n) is 18.9. The van der Waals surface area contributed by atoms with Crippen molar-refractivity contribution in [1.82, 2.24) is 19.9 Å². The standard InChI is InChI=1S/C23H31N7O2S/c1-2-6-18(15-17-7-4-3-5-8-17)27-21-19-20(25-16-26-21)22(29-23(28-19)24-9-12-31)30-10-13-33(32)14-11-30/h3-5,7-8,16,18,31H,2,6,9-15H2,1H3,(H,24,28,29)(H,25,26,27). The number of nitrogens with zero attached hydrogens (tertiary/aromatic N) is 5. The highest BCUT2D eigenvalue weighted by atomic mass is 32.2. The number of fused-ring (bicyclic) bond motifs is 1. The summed E-state index contributed by atoms with van der Waals surface area (Å²) in [6.45, 7) is 3.80. The summed E-state index contributed by atoms with van der Waals surface area (Å²) in [6, 6.07) is 10.6. The lowest BCUT2D eigenvalue weighted by molar-refractivity contribution is 0.311. The molecule has 1 saturated heterocycles. The van der Waals surface area contributed by atoms with Crippen molar-refractivity contribution in [3.05, 3.63) is 42.2 Å². The molecule has 0 amide bonds. The molecule has 3 N–H and O–H groups in total. The van der Waals surface area contributed by atoms with Crippen LogP contribution in [-0.4, -0.2) is 73.0 Å². The lowest BCUT2D eigenvalue weighted by Crippen LogP contribution is -2.38. The first-order chi connectivity index (χ1) is 16.2. The van der Waals surface area contributed by atoms with Crippen LogP contribution in [-0.2, 0) is 17.2 Å². The van der Waals surface area contributed by atoms with Crippen molar-refractivity contribution in [2.24, 2.45) is 0 Å². The molecule has 1 aliphatic heterocycles. The van der Waals surface area contributed by atoms with Gasteiger partial charge in [0.1, 0.15) is 17.4 Å². The first kappa shape index (κ1) is 23.3. The molecule has 0 bridgehead atoms. The van der Waals surface area contributed by atoms with Crippen LogP contribution in [0.1, 0.15) is 25.3 Å². The Bertz CT molecular complexity index is 1070. The molecule has 1 fully saturated rings. The Balaban J connectivity index is 1.69. The number of aliphatic hydroxyl groups excluding tert-OH is 1. The molecule has 3 aromatic rings. The molecule has 0 saturated carbocycles. The second kappa shape index (κ2) is 11.3. The van der Waals surface area contributed by atoms with Gasteiger partial charge in [0.25, 0.3) is 0 Å². The van der Waals surface area contributed by atoms with Crippen LogP contribution < -0.4 is 15.5 Å². The smallest absolute Gasteiger partial charge is 0.225 e. The molecule has 1 atom stereocenters. The minimum absolute atomic E-state index is 0.0223. The van der Waals surface area contributed by atoms with Gasteiger partial charge in [-0.1, -0.05) is 43.7 Å². The number of nitrogens with one attached hydrogen (secondary N) is 2. The van der Waals surface area contributed by atoms with E-state index in [2.05, 4.69) is 61.7 Å². The molecule has 0 aliphatic carbocycles. The van der Waals surface area contributed by atoms with Gasteiger partial charge in [-0.2, -0.15) is 4.98 Å². The molecule has 9 nitrogen and oxygen atoms in total. The van der Waals surface area contributed by atoms with Crippen molar-refractivity contribution in [3.8, 4) is 0 Å². The Kier molecular flexibility index (Phi) is 8.01. The van der Waals surface area contributed by atoms with E-state index in [1.165, 1.54) is 5.56 Å². The third-order valence-electron chi connectivity index (χ3n) is 5.64. The quantitative estimate of drug-likeness (QED) is 0.411. The monoisotopic (exact) mass is 469 g/mol. The van der Waals surface area contributed by atoms with Gasteiger partial charge in [-0.25, -0.2) is 15.0 Å². The van der Waals surface area contributed by atoms with Gasteiger partial charge >= 0.3 is 0 Å². The van der Waals surface area contributed by atoms with E-state index in [4.69, 9.17) is 4.98 Å². The summed E-state index contributed by atoms with van der Waals surface area (Å²) in [5, 5.41) is 15.9. The van der Waals surface area contributed by atoms with Crippen LogP contribution in [0.25, 0.3) is 11.0 Å². The lowest BCUT2D eigenvalue weighted by atomic mass is 10.0. The summed E-state index contributed by atoms with van der Waals surface area (Å²) in [5.74, 6) is 3.02. The Morgan fingerprint density at radius 2 is 1.91 bits per heavy atom. The second-order valence-electron chi connectivity index (χ2n) is 8.10. The lowest BCUT2D eigenvalue weighted by Gasteiger charge is -2.28. The highest BCUT2D eigenvalue weighted by Crippen LogP contribution is 2.29. The first-order valence-electron chi connectivity index (χ1n) is 11.5. The van der Waals surface area contributed by atoms with Gasteiger partial charge in [0.05, 0.1) is 6.61 Å². The number of benzene rings is 1. The molecule has 1 aromatic carbocycles. The predicted octanol–water partition coefficient (Wildman–Crippen LogP) is 2.22. The van der Waals surface area contributed by atoms with Crippen molar-refractivity contribution in [1.29, 1.82) is 0 Å². The van der Waals surface area contributed by atoms with Crippen LogP contribution in [0.4, 0.5) is 17.6 Å². The number of hydrogen-bond donors (Lipinski definition) is 3. The van der Waals surface area contributed by atoms with Gasteiger partial charge in [-0.3, -0.25) is 4.21 Å². The van der Waals surface area contributed by atoms with Gasteiger partial charge in [-0.15, -0.1) is 0 Å². The van der Waals surface area contributed by atoms with Crippen LogP contribution in [0, 0.1) is 0 Å². The third-order valence-corrected chi connectivity index (χ3v) is 6.91. The average molecular weight is 470 g/mol. The van der Waals surface area contributed by atoms with Crippen molar-refractivity contribution in [2.75, 3.05) is 53.3 Å².